The summed E-state index contributed by atoms with van der Waals surface area (Å²) in [7, 11) is 1.84. The second-order valence-electron chi connectivity index (χ2n) is 8.70. The Bertz CT molecular complexity index is 1140. The molecule has 0 spiro atoms. The molecule has 37 heavy (non-hydrogen) atoms. The second kappa shape index (κ2) is 12.5. The molecule has 2 aromatic rings. The maximum Gasteiger partial charge on any atom is 0.414 e. The molecule has 4 rings (SSSR count). The zero-order valence-corrected chi connectivity index (χ0v) is 22.1. The van der Waals surface area contributed by atoms with E-state index in [1.54, 1.807) is 41.3 Å². The minimum absolute atomic E-state index is 0.0446. The van der Waals surface area contributed by atoms with Gasteiger partial charge in [-0.05, 0) is 62.8 Å². The van der Waals surface area contributed by atoms with Gasteiger partial charge < -0.3 is 19.7 Å². The first-order valence-corrected chi connectivity index (χ1v) is 13.3. The minimum atomic E-state index is -0.686. The summed E-state index contributed by atoms with van der Waals surface area (Å²) in [4.78, 5) is 55.6. The van der Waals surface area contributed by atoms with E-state index >= 15 is 0 Å². The smallest absolute Gasteiger partial charge is 0.414 e. The van der Waals surface area contributed by atoms with E-state index in [2.05, 4.69) is 5.32 Å². The fourth-order valence-corrected chi connectivity index (χ4v) is 5.20. The van der Waals surface area contributed by atoms with Crippen LogP contribution in [0.3, 0.4) is 0 Å². The van der Waals surface area contributed by atoms with E-state index in [4.69, 9.17) is 21.1 Å². The molecule has 1 aromatic carbocycles. The summed E-state index contributed by atoms with van der Waals surface area (Å²) in [6.07, 6.45) is 0.386. The van der Waals surface area contributed by atoms with Crippen LogP contribution in [0, 0.1) is 0 Å². The van der Waals surface area contributed by atoms with Gasteiger partial charge >= 0.3 is 6.09 Å². The van der Waals surface area contributed by atoms with Gasteiger partial charge in [0.05, 0.1) is 28.9 Å². The molecule has 0 aliphatic carbocycles. The van der Waals surface area contributed by atoms with Crippen LogP contribution in [0.15, 0.2) is 36.4 Å². The van der Waals surface area contributed by atoms with Crippen molar-refractivity contribution in [1.29, 1.82) is 0 Å². The zero-order valence-electron chi connectivity index (χ0n) is 20.5. The van der Waals surface area contributed by atoms with Crippen LogP contribution in [-0.4, -0.2) is 81.3 Å². The lowest BCUT2D eigenvalue weighted by molar-refractivity contribution is -0.129. The van der Waals surface area contributed by atoms with Gasteiger partial charge in [-0.3, -0.25) is 24.2 Å². The quantitative estimate of drug-likeness (QED) is 0.454. The lowest BCUT2D eigenvalue weighted by Gasteiger charge is -2.27. The van der Waals surface area contributed by atoms with Gasteiger partial charge in [-0.1, -0.05) is 11.6 Å². The Morgan fingerprint density at radius 3 is 2.49 bits per heavy atom. The van der Waals surface area contributed by atoms with Crippen molar-refractivity contribution in [1.82, 2.24) is 10.2 Å². The number of amides is 4. The lowest BCUT2D eigenvalue weighted by Crippen LogP contribution is -2.43. The number of benzene rings is 1. The highest BCUT2D eigenvalue weighted by Crippen LogP contribution is 2.27. The number of nitrogens with zero attached hydrogens (tertiary/aromatic N) is 3. The van der Waals surface area contributed by atoms with E-state index < -0.39 is 18.1 Å². The fourth-order valence-electron chi connectivity index (χ4n) is 4.21. The van der Waals surface area contributed by atoms with Crippen molar-refractivity contribution in [3.8, 4) is 0 Å². The SMILES string of the molecule is CNCCCCC(=O)N(C[C@H]1CN(c2ccc(N3CCOCC3=O)cc2)C(=O)O1)C(=O)c1ccc(Cl)s1. The van der Waals surface area contributed by atoms with Crippen molar-refractivity contribution in [2.24, 2.45) is 0 Å². The van der Waals surface area contributed by atoms with Crippen LogP contribution < -0.4 is 15.1 Å². The molecule has 2 saturated heterocycles. The van der Waals surface area contributed by atoms with Gasteiger partial charge in [0.1, 0.15) is 12.7 Å². The molecule has 0 bridgehead atoms. The first kappa shape index (κ1) is 27.1. The summed E-state index contributed by atoms with van der Waals surface area (Å²) in [5, 5.41) is 3.04. The number of hydrogen-bond donors (Lipinski definition) is 1. The molecule has 1 aromatic heterocycles. The van der Waals surface area contributed by atoms with Gasteiger partial charge in [-0.2, -0.15) is 0 Å². The fraction of sp³-hybridized carbons (Fsp3) is 0.440. The van der Waals surface area contributed by atoms with E-state index in [1.165, 1.54) is 4.90 Å². The number of imide groups is 1. The van der Waals surface area contributed by atoms with Crippen molar-refractivity contribution >= 4 is 58.1 Å². The van der Waals surface area contributed by atoms with E-state index in [1.807, 2.05) is 7.05 Å². The summed E-state index contributed by atoms with van der Waals surface area (Å²) in [6, 6.07) is 10.2. The van der Waals surface area contributed by atoms with Crippen molar-refractivity contribution in [2.45, 2.75) is 25.4 Å². The number of nitrogens with one attached hydrogen (secondary N) is 1. The highest BCUT2D eigenvalue weighted by molar-refractivity contribution is 7.18. The van der Waals surface area contributed by atoms with Gasteiger partial charge in [-0.15, -0.1) is 11.3 Å². The molecule has 198 valence electrons. The van der Waals surface area contributed by atoms with Crippen LogP contribution in [0.2, 0.25) is 4.34 Å². The van der Waals surface area contributed by atoms with Gasteiger partial charge in [0, 0.05) is 24.3 Å². The second-order valence-corrected chi connectivity index (χ2v) is 10.4. The van der Waals surface area contributed by atoms with Gasteiger partial charge in [0.25, 0.3) is 11.8 Å². The van der Waals surface area contributed by atoms with E-state index in [0.717, 1.165) is 34.9 Å². The van der Waals surface area contributed by atoms with Crippen LogP contribution in [0.1, 0.15) is 28.9 Å². The Morgan fingerprint density at radius 1 is 1.11 bits per heavy atom. The predicted molar refractivity (Wildman–Crippen MR) is 140 cm³/mol. The number of hydrogen-bond acceptors (Lipinski definition) is 8. The van der Waals surface area contributed by atoms with Crippen LogP contribution in [0.5, 0.6) is 0 Å². The Kier molecular flexibility index (Phi) is 9.14. The van der Waals surface area contributed by atoms with Gasteiger partial charge in [0.15, 0.2) is 0 Å². The Morgan fingerprint density at radius 2 is 1.84 bits per heavy atom. The lowest BCUT2D eigenvalue weighted by atomic mass is 10.2. The topological polar surface area (TPSA) is 108 Å². The molecule has 1 N–H and O–H groups in total. The first-order valence-electron chi connectivity index (χ1n) is 12.1. The third kappa shape index (κ3) is 6.67. The number of anilines is 2. The number of morpholine rings is 1. The van der Waals surface area contributed by atoms with Gasteiger partial charge in [-0.25, -0.2) is 4.79 Å². The molecule has 0 radical (unpaired) electrons. The summed E-state index contributed by atoms with van der Waals surface area (Å²) in [6.45, 7) is 1.87. The molecule has 4 amide bonds. The molecule has 2 aliphatic heterocycles. The van der Waals surface area contributed by atoms with E-state index in [-0.39, 0.29) is 37.9 Å². The average Bonchev–Trinajstić information content (AvgIpc) is 3.50. The number of carbonyl (C=O) groups excluding carboxylic acids is 4. The van der Waals surface area contributed by atoms with E-state index in [9.17, 15) is 19.2 Å². The van der Waals surface area contributed by atoms with Crippen molar-refractivity contribution < 1.29 is 28.7 Å². The third-order valence-electron chi connectivity index (χ3n) is 6.12. The summed E-state index contributed by atoms with van der Waals surface area (Å²) >= 11 is 7.10. The normalized spacial score (nSPS) is 17.7. The van der Waals surface area contributed by atoms with Crippen LogP contribution in [0.25, 0.3) is 0 Å². The van der Waals surface area contributed by atoms with Crippen LogP contribution in [0.4, 0.5) is 16.2 Å². The largest absolute Gasteiger partial charge is 0.442 e. The molecule has 0 unspecified atom stereocenters. The molecule has 2 fully saturated rings. The van der Waals surface area contributed by atoms with E-state index in [0.29, 0.717) is 34.5 Å². The minimum Gasteiger partial charge on any atom is -0.442 e. The summed E-state index contributed by atoms with van der Waals surface area (Å²) in [5.41, 5.74) is 1.31. The molecule has 3 heterocycles. The van der Waals surface area contributed by atoms with Crippen LogP contribution in [-0.2, 0) is 19.1 Å². The number of halogens is 1. The Labute approximate surface area is 224 Å². The van der Waals surface area contributed by atoms with Crippen molar-refractivity contribution in [3.63, 3.8) is 0 Å². The number of ether oxygens (including phenoxy) is 2. The average molecular weight is 549 g/mol. The standard InChI is InChI=1S/C25H29ClN4O6S/c1-27-11-3-2-4-22(31)30(24(33)20-9-10-21(26)37-20)15-19-14-29(25(34)36-19)18-7-5-17(6-8-18)28-12-13-35-16-23(28)32/h5-10,19,27H,2-4,11-16H2,1H3/t19-/m1/s1. The maximum absolute atomic E-state index is 13.2. The number of rotatable bonds is 10. The molecule has 10 nitrogen and oxygen atoms in total. The maximum atomic E-state index is 13.2. The number of thiophene rings is 1. The molecule has 1 atom stereocenters. The highest BCUT2D eigenvalue weighted by Gasteiger charge is 2.36. The third-order valence-corrected chi connectivity index (χ3v) is 7.34. The molecule has 0 saturated carbocycles. The van der Waals surface area contributed by atoms with Crippen molar-refractivity contribution in [3.05, 3.63) is 45.6 Å². The monoisotopic (exact) mass is 548 g/mol. The zero-order chi connectivity index (χ0) is 26.4. The highest BCUT2D eigenvalue weighted by atomic mass is 35.5. The molecule has 2 aliphatic rings. The predicted octanol–water partition coefficient (Wildman–Crippen LogP) is 3.15. The Hall–Kier alpha value is -2.99. The van der Waals surface area contributed by atoms with Crippen molar-refractivity contribution in [2.75, 3.05) is 56.2 Å². The summed E-state index contributed by atoms with van der Waals surface area (Å²) < 4.78 is 11.2. The number of cyclic esters (lactones) is 1. The number of unbranched alkanes of at least 4 members (excludes halogenated alkanes) is 1. The van der Waals surface area contributed by atoms with Crippen LogP contribution >= 0.6 is 22.9 Å². The Balaban J connectivity index is 1.43. The summed E-state index contributed by atoms with van der Waals surface area (Å²) in [5.74, 6) is -0.892. The first-order chi connectivity index (χ1) is 17.9. The van der Waals surface area contributed by atoms with Gasteiger partial charge in [0.2, 0.25) is 5.91 Å². The number of carbonyl (C=O) groups is 4. The molecular formula is C25H29ClN4O6S. The molecule has 12 heteroatoms. The molecular weight excluding hydrogens is 520 g/mol.